The van der Waals surface area contributed by atoms with E-state index in [4.69, 9.17) is 10.5 Å². The predicted octanol–water partition coefficient (Wildman–Crippen LogP) is 1.46. The number of rotatable bonds is 7. The Hall–Kier alpha value is -2.00. The van der Waals surface area contributed by atoms with E-state index in [9.17, 15) is 8.42 Å². The zero-order valence-corrected chi connectivity index (χ0v) is 16.4. The minimum atomic E-state index is -3.23. The fourth-order valence-corrected chi connectivity index (χ4v) is 4.10. The third kappa shape index (κ3) is 5.49. The molecule has 0 aliphatic carbocycles. The first-order valence-corrected chi connectivity index (χ1v) is 10.9. The standard InChI is InChI=1S/C19H26N4O3S/c1-13-6-7-15(12-20)22-19(13)26-16-5-3-4-14(10-16)11-18-17(8-9-21-18)23-27(2,24)25/h3-7,10,17-18,21,23H,8-9,11-12,20H2,1-2H3/t17-,18-/m0/s1. The van der Waals surface area contributed by atoms with Gasteiger partial charge >= 0.3 is 0 Å². The SMILES string of the molecule is Cc1ccc(CN)nc1Oc1cccc(C[C@@H]2NCC[C@@H]2NS(C)(=O)=O)c1. The highest BCUT2D eigenvalue weighted by Crippen LogP contribution is 2.25. The molecule has 1 aliphatic heterocycles. The Kier molecular flexibility index (Phi) is 6.11. The largest absolute Gasteiger partial charge is 0.439 e. The average Bonchev–Trinajstić information content (AvgIpc) is 3.02. The molecule has 2 heterocycles. The maximum absolute atomic E-state index is 11.6. The molecule has 146 valence electrons. The monoisotopic (exact) mass is 390 g/mol. The van der Waals surface area contributed by atoms with Crippen molar-refractivity contribution < 1.29 is 13.2 Å². The maximum atomic E-state index is 11.6. The van der Waals surface area contributed by atoms with E-state index in [1.165, 1.54) is 6.26 Å². The third-order valence-electron chi connectivity index (χ3n) is 4.60. The minimum absolute atomic E-state index is 0.0513. The number of pyridine rings is 1. The molecule has 8 heteroatoms. The molecular weight excluding hydrogens is 364 g/mol. The molecule has 2 aromatic rings. The number of aromatic nitrogens is 1. The number of hydrogen-bond acceptors (Lipinski definition) is 6. The molecule has 0 unspecified atom stereocenters. The number of benzene rings is 1. The lowest BCUT2D eigenvalue weighted by Gasteiger charge is -2.20. The van der Waals surface area contributed by atoms with Gasteiger partial charge in [-0.15, -0.1) is 0 Å². The number of nitrogens with two attached hydrogens (primary N) is 1. The van der Waals surface area contributed by atoms with Crippen LogP contribution in [0.2, 0.25) is 0 Å². The highest BCUT2D eigenvalue weighted by atomic mass is 32.2. The number of ether oxygens (including phenoxy) is 1. The van der Waals surface area contributed by atoms with Crippen molar-refractivity contribution in [3.05, 3.63) is 53.2 Å². The van der Waals surface area contributed by atoms with Crippen molar-refractivity contribution in [1.82, 2.24) is 15.0 Å². The van der Waals surface area contributed by atoms with Crippen LogP contribution in [-0.4, -0.2) is 38.3 Å². The molecule has 27 heavy (non-hydrogen) atoms. The number of hydrogen-bond donors (Lipinski definition) is 3. The summed E-state index contributed by atoms with van der Waals surface area (Å²) in [7, 11) is -3.23. The lowest BCUT2D eigenvalue weighted by atomic mass is 10.0. The zero-order chi connectivity index (χ0) is 19.4. The van der Waals surface area contributed by atoms with Crippen molar-refractivity contribution in [1.29, 1.82) is 0 Å². The van der Waals surface area contributed by atoms with Gasteiger partial charge in [-0.05, 0) is 50.1 Å². The van der Waals surface area contributed by atoms with E-state index in [1.54, 1.807) is 0 Å². The van der Waals surface area contributed by atoms with Gasteiger partial charge in [0.05, 0.1) is 11.9 Å². The van der Waals surface area contributed by atoms with E-state index in [1.807, 2.05) is 43.3 Å². The highest BCUT2D eigenvalue weighted by molar-refractivity contribution is 7.88. The molecule has 7 nitrogen and oxygen atoms in total. The second-order valence-corrected chi connectivity index (χ2v) is 8.71. The van der Waals surface area contributed by atoms with Gasteiger partial charge in [0.25, 0.3) is 0 Å². The molecule has 4 N–H and O–H groups in total. The van der Waals surface area contributed by atoms with Gasteiger partial charge in [0, 0.05) is 24.2 Å². The van der Waals surface area contributed by atoms with Crippen LogP contribution in [0.3, 0.4) is 0 Å². The molecule has 1 aromatic heterocycles. The Bertz CT molecular complexity index is 902. The first-order chi connectivity index (χ1) is 12.8. The van der Waals surface area contributed by atoms with E-state index >= 15 is 0 Å². The quantitative estimate of drug-likeness (QED) is 0.661. The number of nitrogens with zero attached hydrogens (tertiary/aromatic N) is 1. The molecule has 3 rings (SSSR count). The van der Waals surface area contributed by atoms with Crippen LogP contribution < -0.4 is 20.5 Å². The topological polar surface area (TPSA) is 106 Å². The Balaban J connectivity index is 1.72. The van der Waals surface area contributed by atoms with Crippen molar-refractivity contribution >= 4 is 10.0 Å². The van der Waals surface area contributed by atoms with Gasteiger partial charge in [0.2, 0.25) is 15.9 Å². The van der Waals surface area contributed by atoms with Crippen LogP contribution in [0.5, 0.6) is 11.6 Å². The fraction of sp³-hybridized carbons (Fsp3) is 0.421. The van der Waals surface area contributed by atoms with Crippen molar-refractivity contribution in [2.24, 2.45) is 5.73 Å². The van der Waals surface area contributed by atoms with Gasteiger partial charge in [-0.1, -0.05) is 18.2 Å². The Morgan fingerprint density at radius 2 is 2.15 bits per heavy atom. The van der Waals surface area contributed by atoms with E-state index < -0.39 is 10.0 Å². The molecule has 0 amide bonds. The Morgan fingerprint density at radius 1 is 1.33 bits per heavy atom. The molecule has 0 saturated carbocycles. The molecule has 2 atom stereocenters. The summed E-state index contributed by atoms with van der Waals surface area (Å²) in [6.45, 7) is 3.10. The number of aryl methyl sites for hydroxylation is 1. The highest BCUT2D eigenvalue weighted by Gasteiger charge is 2.29. The number of nitrogens with one attached hydrogen (secondary N) is 2. The summed E-state index contributed by atoms with van der Waals surface area (Å²) in [4.78, 5) is 4.44. The maximum Gasteiger partial charge on any atom is 0.222 e. The molecule has 0 radical (unpaired) electrons. The van der Waals surface area contributed by atoms with Gasteiger partial charge in [0.1, 0.15) is 5.75 Å². The normalized spacial score (nSPS) is 20.0. The lowest BCUT2D eigenvalue weighted by Crippen LogP contribution is -2.44. The molecule has 1 aromatic carbocycles. The summed E-state index contributed by atoms with van der Waals surface area (Å²) in [6, 6.07) is 11.6. The molecular formula is C19H26N4O3S. The molecule has 0 spiro atoms. The first-order valence-electron chi connectivity index (χ1n) is 8.98. The molecule has 1 aliphatic rings. The summed E-state index contributed by atoms with van der Waals surface area (Å²) >= 11 is 0. The van der Waals surface area contributed by atoms with Gasteiger partial charge < -0.3 is 15.8 Å². The van der Waals surface area contributed by atoms with Crippen LogP contribution in [-0.2, 0) is 23.0 Å². The second kappa shape index (κ2) is 8.35. The lowest BCUT2D eigenvalue weighted by molar-refractivity contribution is 0.454. The van der Waals surface area contributed by atoms with Crippen LogP contribution >= 0.6 is 0 Å². The van der Waals surface area contributed by atoms with Gasteiger partial charge in [-0.2, -0.15) is 0 Å². The third-order valence-corrected chi connectivity index (χ3v) is 5.33. The summed E-state index contributed by atoms with van der Waals surface area (Å²) in [5.41, 5.74) is 8.44. The minimum Gasteiger partial charge on any atom is -0.439 e. The van der Waals surface area contributed by atoms with E-state index in [0.717, 1.165) is 29.8 Å². The van der Waals surface area contributed by atoms with Gasteiger partial charge in [-0.25, -0.2) is 18.1 Å². The summed E-state index contributed by atoms with van der Waals surface area (Å²) in [5.74, 6) is 1.24. The van der Waals surface area contributed by atoms with Gasteiger partial charge in [-0.3, -0.25) is 0 Å². The Morgan fingerprint density at radius 3 is 2.89 bits per heavy atom. The fourth-order valence-electron chi connectivity index (χ4n) is 3.27. The van der Waals surface area contributed by atoms with E-state index in [2.05, 4.69) is 15.0 Å². The average molecular weight is 391 g/mol. The molecule has 1 fully saturated rings. The van der Waals surface area contributed by atoms with Crippen LogP contribution in [0.15, 0.2) is 36.4 Å². The van der Waals surface area contributed by atoms with E-state index in [0.29, 0.717) is 24.6 Å². The molecule has 0 bridgehead atoms. The Labute approximate surface area is 160 Å². The van der Waals surface area contributed by atoms with Crippen LogP contribution in [0, 0.1) is 6.92 Å². The summed E-state index contributed by atoms with van der Waals surface area (Å²) < 4.78 is 31.8. The van der Waals surface area contributed by atoms with Crippen molar-refractivity contribution in [3.63, 3.8) is 0 Å². The molecule has 1 saturated heterocycles. The summed E-state index contributed by atoms with van der Waals surface area (Å²) in [6.07, 6.45) is 2.68. The first kappa shape index (κ1) is 19.8. The predicted molar refractivity (Wildman–Crippen MR) is 105 cm³/mol. The van der Waals surface area contributed by atoms with Gasteiger partial charge in [0.15, 0.2) is 0 Å². The van der Waals surface area contributed by atoms with E-state index in [-0.39, 0.29) is 12.1 Å². The van der Waals surface area contributed by atoms with Crippen molar-refractivity contribution in [2.75, 3.05) is 12.8 Å². The zero-order valence-electron chi connectivity index (χ0n) is 15.6. The smallest absolute Gasteiger partial charge is 0.222 e. The second-order valence-electron chi connectivity index (χ2n) is 6.93. The van der Waals surface area contributed by atoms with Crippen LogP contribution in [0.4, 0.5) is 0 Å². The van der Waals surface area contributed by atoms with Crippen molar-refractivity contribution in [2.45, 2.75) is 38.4 Å². The number of sulfonamides is 1. The van der Waals surface area contributed by atoms with Crippen LogP contribution in [0.1, 0.15) is 23.2 Å². The van der Waals surface area contributed by atoms with Crippen LogP contribution in [0.25, 0.3) is 0 Å². The summed E-state index contributed by atoms with van der Waals surface area (Å²) in [5, 5.41) is 3.38. The van der Waals surface area contributed by atoms with Crippen molar-refractivity contribution in [3.8, 4) is 11.6 Å².